The molecule has 0 amide bonds. The quantitative estimate of drug-likeness (QED) is 0.846. The van der Waals surface area contributed by atoms with Crippen LogP contribution >= 0.6 is 0 Å². The minimum absolute atomic E-state index is 0.272. The molecule has 1 aliphatic rings. The Morgan fingerprint density at radius 3 is 2.67 bits per heavy atom. The molecule has 1 aliphatic heterocycles. The lowest BCUT2D eigenvalue weighted by Gasteiger charge is -2.36. The standard InChI is InChI=1S/C17H16FNO4S/c1-11-6-7-12-4-2-3-5-16(12)19(11)24(22,23)13-8-9-15(18)14(10-13)17(20)21/h2-5,8-11H,6-7H2,1H3,(H,20,21)/p-1/t11-/m1/s1. The third-order valence-electron chi connectivity index (χ3n) is 4.18. The maximum Gasteiger partial charge on any atom is 0.264 e. The van der Waals surface area contributed by atoms with Gasteiger partial charge in [-0.25, -0.2) is 12.8 Å². The zero-order valence-electron chi connectivity index (χ0n) is 12.9. The predicted molar refractivity (Wildman–Crippen MR) is 84.6 cm³/mol. The number of carboxylic acids is 1. The lowest BCUT2D eigenvalue weighted by Crippen LogP contribution is -2.42. The van der Waals surface area contributed by atoms with Gasteiger partial charge in [-0.1, -0.05) is 18.2 Å². The van der Waals surface area contributed by atoms with Gasteiger partial charge in [0.25, 0.3) is 10.0 Å². The smallest absolute Gasteiger partial charge is 0.264 e. The fourth-order valence-electron chi connectivity index (χ4n) is 2.96. The van der Waals surface area contributed by atoms with Gasteiger partial charge in [-0.2, -0.15) is 0 Å². The van der Waals surface area contributed by atoms with Crippen LogP contribution in [0.2, 0.25) is 0 Å². The number of sulfonamides is 1. The van der Waals surface area contributed by atoms with Crippen LogP contribution in [0.15, 0.2) is 47.4 Å². The maximum absolute atomic E-state index is 13.5. The number of carbonyl (C=O) groups is 1. The first-order valence-electron chi connectivity index (χ1n) is 7.45. The normalized spacial score (nSPS) is 17.4. The van der Waals surface area contributed by atoms with Crippen molar-refractivity contribution < 1.29 is 22.7 Å². The highest BCUT2D eigenvalue weighted by Crippen LogP contribution is 2.35. The van der Waals surface area contributed by atoms with Crippen LogP contribution in [0.3, 0.4) is 0 Å². The van der Waals surface area contributed by atoms with E-state index in [0.29, 0.717) is 12.1 Å². The summed E-state index contributed by atoms with van der Waals surface area (Å²) in [5, 5.41) is 11.0. The second-order valence-corrected chi connectivity index (χ2v) is 7.56. The van der Waals surface area contributed by atoms with Crippen LogP contribution in [0.5, 0.6) is 0 Å². The maximum atomic E-state index is 13.5. The Balaban J connectivity index is 2.15. The van der Waals surface area contributed by atoms with E-state index < -0.39 is 27.4 Å². The minimum Gasteiger partial charge on any atom is -0.545 e. The van der Waals surface area contributed by atoms with Crippen LogP contribution in [0.4, 0.5) is 10.1 Å². The van der Waals surface area contributed by atoms with Gasteiger partial charge in [0, 0.05) is 11.6 Å². The Morgan fingerprint density at radius 2 is 1.96 bits per heavy atom. The molecule has 0 saturated heterocycles. The van der Waals surface area contributed by atoms with Gasteiger partial charge < -0.3 is 9.90 Å². The first-order chi connectivity index (χ1) is 11.3. The lowest BCUT2D eigenvalue weighted by molar-refractivity contribution is -0.255. The number of anilines is 1. The average Bonchev–Trinajstić information content (AvgIpc) is 2.54. The average molecular weight is 348 g/mol. The summed E-state index contributed by atoms with van der Waals surface area (Å²) in [4.78, 5) is 10.7. The van der Waals surface area contributed by atoms with Gasteiger partial charge >= 0.3 is 0 Å². The summed E-state index contributed by atoms with van der Waals surface area (Å²) in [5.41, 5.74) is 0.700. The molecule has 2 aromatic carbocycles. The number of rotatable bonds is 3. The van der Waals surface area contributed by atoms with Crippen molar-refractivity contribution in [2.24, 2.45) is 0 Å². The third kappa shape index (κ3) is 2.65. The Bertz CT molecular complexity index is 911. The molecule has 0 aliphatic carbocycles. The molecule has 2 aromatic rings. The molecule has 1 heterocycles. The first-order valence-corrected chi connectivity index (χ1v) is 8.89. The molecule has 0 aromatic heterocycles. The van der Waals surface area contributed by atoms with E-state index in [-0.39, 0.29) is 10.9 Å². The van der Waals surface area contributed by atoms with Crippen molar-refractivity contribution in [3.63, 3.8) is 0 Å². The van der Waals surface area contributed by atoms with Gasteiger partial charge in [0.15, 0.2) is 0 Å². The van der Waals surface area contributed by atoms with Gasteiger partial charge in [-0.15, -0.1) is 0 Å². The van der Waals surface area contributed by atoms with Crippen molar-refractivity contribution in [2.75, 3.05) is 4.31 Å². The zero-order chi connectivity index (χ0) is 17.5. The summed E-state index contributed by atoms with van der Waals surface area (Å²) < 4.78 is 40.9. The number of para-hydroxylation sites is 1. The van der Waals surface area contributed by atoms with Crippen molar-refractivity contribution in [2.45, 2.75) is 30.7 Å². The fraction of sp³-hybridized carbons (Fsp3) is 0.235. The van der Waals surface area contributed by atoms with Crippen molar-refractivity contribution >= 4 is 21.7 Å². The van der Waals surface area contributed by atoms with Gasteiger partial charge in [-0.05, 0) is 49.6 Å². The van der Waals surface area contributed by atoms with Crippen molar-refractivity contribution in [1.29, 1.82) is 0 Å². The third-order valence-corrected chi connectivity index (χ3v) is 6.10. The van der Waals surface area contributed by atoms with E-state index in [4.69, 9.17) is 0 Å². The van der Waals surface area contributed by atoms with E-state index in [1.807, 2.05) is 12.1 Å². The van der Waals surface area contributed by atoms with E-state index in [2.05, 4.69) is 0 Å². The summed E-state index contributed by atoms with van der Waals surface area (Å²) >= 11 is 0. The molecule has 0 bridgehead atoms. The highest BCUT2D eigenvalue weighted by Gasteiger charge is 2.34. The number of hydrogen-bond donors (Lipinski definition) is 0. The molecule has 0 N–H and O–H groups in total. The molecule has 1 atom stereocenters. The number of carbonyl (C=O) groups excluding carboxylic acids is 1. The van der Waals surface area contributed by atoms with Crippen molar-refractivity contribution in [3.05, 3.63) is 59.4 Å². The molecule has 0 spiro atoms. The van der Waals surface area contributed by atoms with Crippen molar-refractivity contribution in [1.82, 2.24) is 0 Å². The number of aromatic carboxylic acids is 1. The van der Waals surface area contributed by atoms with Crippen LogP contribution in [0.25, 0.3) is 0 Å². The van der Waals surface area contributed by atoms with E-state index in [1.165, 1.54) is 4.31 Å². The SMILES string of the molecule is C[C@@H]1CCc2ccccc2N1S(=O)(=O)c1ccc(F)c(C(=O)[O-])c1. The summed E-state index contributed by atoms with van der Waals surface area (Å²) in [6, 6.07) is 9.58. The Kier molecular flexibility index (Phi) is 4.04. The number of benzene rings is 2. The topological polar surface area (TPSA) is 77.5 Å². The number of aryl methyl sites for hydroxylation is 1. The summed E-state index contributed by atoms with van der Waals surface area (Å²) in [5.74, 6) is -2.78. The summed E-state index contributed by atoms with van der Waals surface area (Å²) in [7, 11) is -4.02. The highest BCUT2D eigenvalue weighted by atomic mass is 32.2. The van der Waals surface area contributed by atoms with E-state index >= 15 is 0 Å². The van der Waals surface area contributed by atoms with Crippen LogP contribution in [0.1, 0.15) is 29.3 Å². The number of halogens is 1. The molecule has 0 unspecified atom stereocenters. The van der Waals surface area contributed by atoms with E-state index in [0.717, 1.165) is 30.2 Å². The largest absolute Gasteiger partial charge is 0.545 e. The second kappa shape index (κ2) is 5.90. The second-order valence-electron chi connectivity index (χ2n) is 5.75. The molecular weight excluding hydrogens is 333 g/mol. The van der Waals surface area contributed by atoms with Gasteiger partial charge in [0.2, 0.25) is 0 Å². The number of fused-ring (bicyclic) bond motifs is 1. The molecule has 0 saturated carbocycles. The van der Waals surface area contributed by atoms with Crippen LogP contribution in [0, 0.1) is 5.82 Å². The fourth-order valence-corrected chi connectivity index (χ4v) is 4.71. The summed E-state index contributed by atoms with van der Waals surface area (Å²) in [6.45, 7) is 1.79. The van der Waals surface area contributed by atoms with Crippen LogP contribution in [-0.4, -0.2) is 20.4 Å². The lowest BCUT2D eigenvalue weighted by atomic mass is 9.99. The van der Waals surface area contributed by atoms with E-state index in [9.17, 15) is 22.7 Å². The predicted octanol–water partition coefficient (Wildman–Crippen LogP) is 1.72. The Hall–Kier alpha value is -2.41. The molecule has 24 heavy (non-hydrogen) atoms. The molecule has 0 radical (unpaired) electrons. The number of carboxylic acid groups (broad SMARTS) is 1. The molecule has 126 valence electrons. The molecule has 0 fully saturated rings. The zero-order valence-corrected chi connectivity index (χ0v) is 13.7. The van der Waals surface area contributed by atoms with Gasteiger partial charge in [0.1, 0.15) is 5.82 Å². The number of hydrogen-bond acceptors (Lipinski definition) is 4. The molecule has 3 rings (SSSR count). The molecule has 7 heteroatoms. The summed E-state index contributed by atoms with van der Waals surface area (Å²) in [6.07, 6.45) is 1.40. The Morgan fingerprint density at radius 1 is 1.25 bits per heavy atom. The minimum atomic E-state index is -4.02. The monoisotopic (exact) mass is 348 g/mol. The van der Waals surface area contributed by atoms with Gasteiger partial charge in [0.05, 0.1) is 16.6 Å². The van der Waals surface area contributed by atoms with Gasteiger partial charge in [-0.3, -0.25) is 4.31 Å². The molecule has 5 nitrogen and oxygen atoms in total. The molecular formula is C17H15FNO4S-. The van der Waals surface area contributed by atoms with Crippen LogP contribution in [-0.2, 0) is 16.4 Å². The van der Waals surface area contributed by atoms with Crippen molar-refractivity contribution in [3.8, 4) is 0 Å². The highest BCUT2D eigenvalue weighted by molar-refractivity contribution is 7.92. The van der Waals surface area contributed by atoms with Crippen LogP contribution < -0.4 is 9.41 Å². The van der Waals surface area contributed by atoms with E-state index in [1.54, 1.807) is 19.1 Å². The number of nitrogens with zero attached hydrogens (tertiary/aromatic N) is 1. The Labute approximate surface area is 139 Å². The first kappa shape index (κ1) is 16.4.